The van der Waals surface area contributed by atoms with Gasteiger partial charge >= 0.3 is 0 Å². The Morgan fingerprint density at radius 2 is 1.93 bits per heavy atom. The number of amides is 2. The second-order valence-electron chi connectivity index (χ2n) is 6.26. The summed E-state index contributed by atoms with van der Waals surface area (Å²) in [6.45, 7) is 2.01. The van der Waals surface area contributed by atoms with Crippen LogP contribution in [-0.4, -0.2) is 24.1 Å². The molecular weight excluding hydrogens is 438 g/mol. The van der Waals surface area contributed by atoms with Crippen LogP contribution in [-0.2, 0) is 16.0 Å². The van der Waals surface area contributed by atoms with E-state index in [1.54, 1.807) is 12.1 Å². The van der Waals surface area contributed by atoms with Crippen LogP contribution in [0.3, 0.4) is 0 Å². The SMILES string of the molecule is CNC(=O)C(C#N)=C1SC(Cc2ccccc2C)C(=O)N1c1ccc(Br)cc1. The Labute approximate surface area is 176 Å². The Kier molecular flexibility index (Phi) is 6.22. The topological polar surface area (TPSA) is 73.2 Å². The number of thioether (sulfide) groups is 1. The van der Waals surface area contributed by atoms with Crippen LogP contribution in [0.5, 0.6) is 0 Å². The van der Waals surface area contributed by atoms with E-state index in [4.69, 9.17) is 0 Å². The summed E-state index contributed by atoms with van der Waals surface area (Å²) in [5.74, 6) is -0.640. The van der Waals surface area contributed by atoms with Gasteiger partial charge in [-0.15, -0.1) is 0 Å². The van der Waals surface area contributed by atoms with Crippen molar-refractivity contribution in [2.24, 2.45) is 0 Å². The number of benzene rings is 2. The summed E-state index contributed by atoms with van der Waals surface area (Å²) < 4.78 is 0.879. The maximum atomic E-state index is 13.3. The first-order chi connectivity index (χ1) is 13.5. The molecule has 2 aromatic rings. The number of hydrogen-bond acceptors (Lipinski definition) is 4. The molecule has 3 rings (SSSR count). The van der Waals surface area contributed by atoms with E-state index in [-0.39, 0.29) is 11.5 Å². The van der Waals surface area contributed by atoms with Gasteiger partial charge in [0.15, 0.2) is 0 Å². The molecular formula is C21H18BrN3O2S. The average molecular weight is 456 g/mol. The highest BCUT2D eigenvalue weighted by Gasteiger charge is 2.40. The van der Waals surface area contributed by atoms with Crippen molar-refractivity contribution in [1.82, 2.24) is 5.32 Å². The van der Waals surface area contributed by atoms with Gasteiger partial charge in [0.25, 0.3) is 5.91 Å². The van der Waals surface area contributed by atoms with Crippen LogP contribution in [0.4, 0.5) is 5.69 Å². The van der Waals surface area contributed by atoms with Gasteiger partial charge in [-0.05, 0) is 48.7 Å². The quantitative estimate of drug-likeness (QED) is 0.559. The first-order valence-corrected chi connectivity index (χ1v) is 10.3. The number of halogens is 1. The zero-order valence-corrected chi connectivity index (χ0v) is 17.8. The number of carbonyl (C=O) groups is 2. The van der Waals surface area contributed by atoms with Crippen molar-refractivity contribution in [3.63, 3.8) is 0 Å². The lowest BCUT2D eigenvalue weighted by atomic mass is 10.0. The highest BCUT2D eigenvalue weighted by atomic mass is 79.9. The van der Waals surface area contributed by atoms with Crippen molar-refractivity contribution >= 4 is 45.2 Å². The van der Waals surface area contributed by atoms with Gasteiger partial charge in [-0.25, -0.2) is 0 Å². The van der Waals surface area contributed by atoms with Gasteiger partial charge in [-0.1, -0.05) is 52.0 Å². The van der Waals surface area contributed by atoms with E-state index in [0.717, 1.165) is 15.6 Å². The summed E-state index contributed by atoms with van der Waals surface area (Å²) in [6, 6.07) is 17.1. The van der Waals surface area contributed by atoms with Crippen molar-refractivity contribution in [2.75, 3.05) is 11.9 Å². The molecule has 0 saturated carbocycles. The lowest BCUT2D eigenvalue weighted by Crippen LogP contribution is -2.31. The third-order valence-corrected chi connectivity index (χ3v) is 6.28. The Hall–Kier alpha value is -2.56. The molecule has 1 fully saturated rings. The fourth-order valence-electron chi connectivity index (χ4n) is 2.98. The lowest BCUT2D eigenvalue weighted by molar-refractivity contribution is -0.117. The Balaban J connectivity index is 2.06. The molecule has 1 unspecified atom stereocenters. The monoisotopic (exact) mass is 455 g/mol. The minimum absolute atomic E-state index is 0.0592. The summed E-state index contributed by atoms with van der Waals surface area (Å²) in [5, 5.41) is 12.0. The zero-order chi connectivity index (χ0) is 20.3. The Morgan fingerprint density at radius 3 is 2.54 bits per heavy atom. The molecule has 0 bridgehead atoms. The highest BCUT2D eigenvalue weighted by molar-refractivity contribution is 9.10. The van der Waals surface area contributed by atoms with Gasteiger partial charge in [-0.3, -0.25) is 14.5 Å². The van der Waals surface area contributed by atoms with E-state index in [0.29, 0.717) is 17.1 Å². The molecule has 1 N–H and O–H groups in total. The largest absolute Gasteiger partial charge is 0.354 e. The first-order valence-electron chi connectivity index (χ1n) is 8.63. The molecule has 1 heterocycles. The molecule has 1 atom stereocenters. The molecule has 1 aliphatic heterocycles. The Bertz CT molecular complexity index is 995. The maximum absolute atomic E-state index is 13.3. The number of likely N-dealkylation sites (N-methyl/N-ethyl adjacent to an activating group) is 1. The summed E-state index contributed by atoms with van der Waals surface area (Å²) >= 11 is 4.66. The minimum Gasteiger partial charge on any atom is -0.354 e. The minimum atomic E-state index is -0.503. The number of aryl methyl sites for hydroxylation is 1. The predicted molar refractivity (Wildman–Crippen MR) is 115 cm³/mol. The Morgan fingerprint density at radius 1 is 1.25 bits per heavy atom. The molecule has 0 radical (unpaired) electrons. The molecule has 1 aliphatic rings. The number of hydrogen-bond donors (Lipinski definition) is 1. The van der Waals surface area contributed by atoms with Crippen LogP contribution in [0.2, 0.25) is 0 Å². The van der Waals surface area contributed by atoms with Crippen LogP contribution < -0.4 is 10.2 Å². The molecule has 2 aromatic carbocycles. The van der Waals surface area contributed by atoms with E-state index >= 15 is 0 Å². The molecule has 5 nitrogen and oxygen atoms in total. The lowest BCUT2D eigenvalue weighted by Gasteiger charge is -2.18. The van der Waals surface area contributed by atoms with E-state index in [9.17, 15) is 14.9 Å². The standard InChI is InChI=1S/C21H18BrN3O2S/c1-13-5-3-4-6-14(13)11-18-20(27)25(16-9-7-15(22)8-10-16)21(28-18)17(12-23)19(26)24-2/h3-10,18H,11H2,1-2H3,(H,24,26). The maximum Gasteiger partial charge on any atom is 0.264 e. The number of rotatable bonds is 4. The molecule has 7 heteroatoms. The van der Waals surface area contributed by atoms with Crippen molar-refractivity contribution in [2.45, 2.75) is 18.6 Å². The van der Waals surface area contributed by atoms with Crippen molar-refractivity contribution in [3.05, 3.63) is 74.7 Å². The number of nitrogens with one attached hydrogen (secondary N) is 1. The average Bonchev–Trinajstić information content (AvgIpc) is 3.01. The first kappa shape index (κ1) is 20.2. The van der Waals surface area contributed by atoms with Gasteiger partial charge in [0.05, 0.1) is 5.25 Å². The number of carbonyl (C=O) groups excluding carboxylic acids is 2. The van der Waals surface area contributed by atoms with Crippen LogP contribution >= 0.6 is 27.7 Å². The van der Waals surface area contributed by atoms with Crippen molar-refractivity contribution < 1.29 is 9.59 Å². The second kappa shape index (κ2) is 8.63. The van der Waals surface area contributed by atoms with Gasteiger partial charge in [0.2, 0.25) is 5.91 Å². The molecule has 2 amide bonds. The molecule has 0 aromatic heterocycles. The number of nitrogens with zero attached hydrogens (tertiary/aromatic N) is 2. The van der Waals surface area contributed by atoms with Crippen molar-refractivity contribution in [3.8, 4) is 6.07 Å². The van der Waals surface area contributed by atoms with E-state index < -0.39 is 11.2 Å². The van der Waals surface area contributed by atoms with Gasteiger partial charge < -0.3 is 5.32 Å². The number of anilines is 1. The normalized spacial score (nSPS) is 18.0. The van der Waals surface area contributed by atoms with Crippen LogP contribution in [0.25, 0.3) is 0 Å². The summed E-state index contributed by atoms with van der Waals surface area (Å²) in [7, 11) is 1.47. The molecule has 28 heavy (non-hydrogen) atoms. The molecule has 0 spiro atoms. The smallest absolute Gasteiger partial charge is 0.264 e. The van der Waals surface area contributed by atoms with Crippen LogP contribution in [0, 0.1) is 18.3 Å². The summed E-state index contributed by atoms with van der Waals surface area (Å²) in [6.07, 6.45) is 0.527. The molecule has 0 aliphatic carbocycles. The predicted octanol–water partition coefficient (Wildman–Crippen LogP) is 3.93. The van der Waals surface area contributed by atoms with Crippen molar-refractivity contribution in [1.29, 1.82) is 5.26 Å². The summed E-state index contributed by atoms with van der Waals surface area (Å²) in [4.78, 5) is 27.0. The fourth-order valence-corrected chi connectivity index (χ4v) is 4.54. The van der Waals surface area contributed by atoms with Gasteiger partial charge in [0.1, 0.15) is 16.7 Å². The van der Waals surface area contributed by atoms with Gasteiger partial charge in [-0.2, -0.15) is 5.26 Å². The molecule has 1 saturated heterocycles. The van der Waals surface area contributed by atoms with E-state index in [2.05, 4.69) is 21.2 Å². The van der Waals surface area contributed by atoms with Gasteiger partial charge in [0, 0.05) is 17.2 Å². The third kappa shape index (κ3) is 3.98. The fraction of sp³-hybridized carbons (Fsp3) is 0.190. The van der Waals surface area contributed by atoms with Crippen LogP contribution in [0.15, 0.2) is 63.6 Å². The second-order valence-corrected chi connectivity index (χ2v) is 8.37. The van der Waals surface area contributed by atoms with E-state index in [1.165, 1.54) is 23.7 Å². The third-order valence-electron chi connectivity index (χ3n) is 4.48. The van der Waals surface area contributed by atoms with Crippen LogP contribution in [0.1, 0.15) is 11.1 Å². The molecule has 142 valence electrons. The zero-order valence-electron chi connectivity index (χ0n) is 15.4. The summed E-state index contributed by atoms with van der Waals surface area (Å²) in [5.41, 5.74) is 2.75. The van der Waals surface area contributed by atoms with E-state index in [1.807, 2.05) is 49.4 Å². The highest BCUT2D eigenvalue weighted by Crippen LogP contribution is 2.42. The number of nitriles is 1.